The van der Waals surface area contributed by atoms with Gasteiger partial charge in [0.1, 0.15) is 35.4 Å². The molecule has 0 aromatic carbocycles. The average Bonchev–Trinajstić information content (AvgIpc) is 3.53. The fraction of sp³-hybridized carbons (Fsp3) is 0.545. The lowest BCUT2D eigenvalue weighted by Crippen LogP contribution is -2.32. The molecular formula is C22H30N10. The molecule has 0 fully saturated rings. The first kappa shape index (κ1) is 20.6. The minimum absolute atomic E-state index is 0.358. The summed E-state index contributed by atoms with van der Waals surface area (Å²) in [5, 5.41) is 9.67. The summed E-state index contributed by atoms with van der Waals surface area (Å²) in [7, 11) is 0. The Balaban J connectivity index is 1.76. The van der Waals surface area contributed by atoms with Crippen molar-refractivity contribution < 1.29 is 0 Å². The molecule has 0 atom stereocenters. The van der Waals surface area contributed by atoms with Crippen molar-refractivity contribution >= 4 is 0 Å². The van der Waals surface area contributed by atoms with Crippen molar-refractivity contribution in [3.05, 3.63) is 59.7 Å². The van der Waals surface area contributed by atoms with E-state index in [1.54, 1.807) is 12.7 Å². The first-order chi connectivity index (χ1) is 14.8. The molecule has 0 unspecified atom stereocenters. The van der Waals surface area contributed by atoms with Crippen LogP contribution in [-0.2, 0) is 21.9 Å². The molecule has 8 bridgehead atoms. The number of rotatable bonds is 0. The Labute approximate surface area is 186 Å². The summed E-state index contributed by atoms with van der Waals surface area (Å²) < 4.78 is 3.70. The number of nitrogens with zero attached hydrogens (tertiary/aromatic N) is 8. The SMILES string of the molecule is CC1(C)c2ncn(n2)C(C)(C)c2ncc([nH]2)C(C)(C)c2cnc([nH]2)C(C)(C)n2cnc1n2. The third-order valence-corrected chi connectivity index (χ3v) is 6.90. The second kappa shape index (κ2) is 6.14. The van der Waals surface area contributed by atoms with Crippen LogP contribution in [0.15, 0.2) is 25.0 Å². The van der Waals surface area contributed by atoms with Crippen LogP contribution in [0.3, 0.4) is 0 Å². The van der Waals surface area contributed by atoms with E-state index in [4.69, 9.17) is 20.2 Å². The summed E-state index contributed by atoms with van der Waals surface area (Å²) >= 11 is 0. The molecule has 0 saturated carbocycles. The van der Waals surface area contributed by atoms with Gasteiger partial charge in [0.2, 0.25) is 0 Å². The molecule has 5 heterocycles. The van der Waals surface area contributed by atoms with Crippen LogP contribution in [0.2, 0.25) is 0 Å². The lowest BCUT2D eigenvalue weighted by Gasteiger charge is -2.26. The first-order valence-corrected chi connectivity index (χ1v) is 10.8. The van der Waals surface area contributed by atoms with Crippen LogP contribution in [0.4, 0.5) is 0 Å². The predicted molar refractivity (Wildman–Crippen MR) is 118 cm³/mol. The fourth-order valence-corrected chi connectivity index (χ4v) is 4.00. The molecule has 0 aliphatic carbocycles. The van der Waals surface area contributed by atoms with Gasteiger partial charge in [-0.1, -0.05) is 0 Å². The lowest BCUT2D eigenvalue weighted by molar-refractivity contribution is 0.355. The summed E-state index contributed by atoms with van der Waals surface area (Å²) in [6, 6.07) is 0. The van der Waals surface area contributed by atoms with E-state index in [2.05, 4.69) is 61.5 Å². The van der Waals surface area contributed by atoms with E-state index in [1.165, 1.54) is 0 Å². The van der Waals surface area contributed by atoms with Gasteiger partial charge in [0.25, 0.3) is 0 Å². The zero-order chi connectivity index (χ0) is 23.1. The van der Waals surface area contributed by atoms with Crippen LogP contribution in [0.1, 0.15) is 90.1 Å². The van der Waals surface area contributed by atoms with Gasteiger partial charge in [0, 0.05) is 29.2 Å². The largest absolute Gasteiger partial charge is 0.343 e. The Kier molecular flexibility index (Phi) is 3.95. The standard InChI is InChI=1S/C22H30N10/c1-19(2)13-9-23-17(27-13)21(5,6)31-11-25-15(29-31)20(3,4)16-26-12-32(30-16)22(7,8)18-24-10-14(19)28-18/h9-12H,1-8H3,(H,23,27)(H,24,28). The normalized spacial score (nSPS) is 20.2. The summed E-state index contributed by atoms with van der Waals surface area (Å²) in [5.74, 6) is 2.93. The van der Waals surface area contributed by atoms with Crippen LogP contribution in [-0.4, -0.2) is 49.5 Å². The molecule has 0 radical (unpaired) electrons. The molecule has 4 aromatic rings. The van der Waals surface area contributed by atoms with E-state index in [-0.39, 0.29) is 5.41 Å². The van der Waals surface area contributed by atoms with E-state index in [1.807, 2.05) is 35.6 Å². The second-order valence-electron chi connectivity index (χ2n) is 10.7. The van der Waals surface area contributed by atoms with Crippen molar-refractivity contribution in [2.75, 3.05) is 0 Å². The topological polar surface area (TPSA) is 119 Å². The third-order valence-electron chi connectivity index (χ3n) is 6.90. The highest BCUT2D eigenvalue weighted by atomic mass is 15.4. The van der Waals surface area contributed by atoms with Crippen molar-refractivity contribution in [3.63, 3.8) is 0 Å². The zero-order valence-electron chi connectivity index (χ0n) is 19.9. The first-order valence-electron chi connectivity index (χ1n) is 10.8. The minimum Gasteiger partial charge on any atom is -0.343 e. The number of imidazole rings is 2. The van der Waals surface area contributed by atoms with Gasteiger partial charge in [-0.05, 0) is 55.4 Å². The van der Waals surface area contributed by atoms with Crippen LogP contribution in [0.25, 0.3) is 0 Å². The molecule has 4 aromatic heterocycles. The molecule has 5 rings (SSSR count). The molecule has 168 valence electrons. The summed E-state index contributed by atoms with van der Waals surface area (Å²) in [6.45, 7) is 16.6. The molecule has 10 nitrogen and oxygen atoms in total. The zero-order valence-corrected chi connectivity index (χ0v) is 19.9. The van der Waals surface area contributed by atoms with Crippen molar-refractivity contribution in [3.8, 4) is 0 Å². The molecular weight excluding hydrogens is 404 g/mol. The number of aromatic amines is 2. The Morgan fingerprint density at radius 2 is 1.00 bits per heavy atom. The molecule has 1 aliphatic rings. The number of nitrogens with one attached hydrogen (secondary N) is 2. The monoisotopic (exact) mass is 434 g/mol. The fourth-order valence-electron chi connectivity index (χ4n) is 4.00. The summed E-state index contributed by atoms with van der Waals surface area (Å²) in [5.41, 5.74) is -0.0113. The van der Waals surface area contributed by atoms with E-state index < -0.39 is 16.5 Å². The molecule has 0 spiro atoms. The maximum atomic E-state index is 4.83. The molecule has 1 aliphatic heterocycles. The van der Waals surface area contributed by atoms with Crippen molar-refractivity contribution in [2.24, 2.45) is 0 Å². The second-order valence-corrected chi connectivity index (χ2v) is 10.7. The van der Waals surface area contributed by atoms with Gasteiger partial charge in [0.15, 0.2) is 11.6 Å². The molecule has 0 saturated heterocycles. The van der Waals surface area contributed by atoms with Crippen molar-refractivity contribution in [1.82, 2.24) is 49.5 Å². The average molecular weight is 435 g/mol. The van der Waals surface area contributed by atoms with Gasteiger partial charge in [-0.25, -0.2) is 29.3 Å². The van der Waals surface area contributed by atoms with Crippen LogP contribution in [0.5, 0.6) is 0 Å². The van der Waals surface area contributed by atoms with E-state index in [9.17, 15) is 0 Å². The highest BCUT2D eigenvalue weighted by Crippen LogP contribution is 2.34. The van der Waals surface area contributed by atoms with Crippen LogP contribution >= 0.6 is 0 Å². The van der Waals surface area contributed by atoms with E-state index in [0.717, 1.165) is 23.0 Å². The van der Waals surface area contributed by atoms with Gasteiger partial charge in [-0.15, -0.1) is 0 Å². The number of hydrogen-bond acceptors (Lipinski definition) is 6. The van der Waals surface area contributed by atoms with Crippen molar-refractivity contribution in [2.45, 2.75) is 77.3 Å². The molecule has 2 N–H and O–H groups in total. The van der Waals surface area contributed by atoms with Gasteiger partial charge in [-0.2, -0.15) is 10.2 Å². The maximum Gasteiger partial charge on any atom is 0.163 e. The van der Waals surface area contributed by atoms with Crippen LogP contribution in [0, 0.1) is 0 Å². The number of aromatic nitrogens is 10. The Morgan fingerprint density at radius 3 is 1.41 bits per heavy atom. The van der Waals surface area contributed by atoms with Gasteiger partial charge in [-0.3, -0.25) is 0 Å². The highest BCUT2D eigenvalue weighted by molar-refractivity contribution is 5.30. The molecule has 10 heteroatoms. The van der Waals surface area contributed by atoms with Gasteiger partial charge < -0.3 is 9.97 Å². The van der Waals surface area contributed by atoms with E-state index in [0.29, 0.717) is 11.6 Å². The number of H-pyrrole nitrogens is 2. The van der Waals surface area contributed by atoms with E-state index >= 15 is 0 Å². The molecule has 0 amide bonds. The number of fused-ring (bicyclic) bond motifs is 8. The van der Waals surface area contributed by atoms with Crippen molar-refractivity contribution in [1.29, 1.82) is 0 Å². The van der Waals surface area contributed by atoms with Crippen LogP contribution < -0.4 is 0 Å². The maximum absolute atomic E-state index is 4.83. The Hall–Kier alpha value is -3.30. The third kappa shape index (κ3) is 2.71. The lowest BCUT2D eigenvalue weighted by atomic mass is 9.86. The smallest absolute Gasteiger partial charge is 0.163 e. The Bertz CT molecular complexity index is 1010. The van der Waals surface area contributed by atoms with Gasteiger partial charge >= 0.3 is 0 Å². The quantitative estimate of drug-likeness (QED) is 0.439. The summed E-state index contributed by atoms with van der Waals surface area (Å²) in [4.78, 5) is 25.8. The van der Waals surface area contributed by atoms with Gasteiger partial charge in [0.05, 0.1) is 5.41 Å². The predicted octanol–water partition coefficient (Wildman–Crippen LogP) is 2.85. The minimum atomic E-state index is -0.579. The number of hydrogen-bond donors (Lipinski definition) is 2. The highest BCUT2D eigenvalue weighted by Gasteiger charge is 2.38. The summed E-state index contributed by atoms with van der Waals surface area (Å²) in [6.07, 6.45) is 7.30. The molecule has 32 heavy (non-hydrogen) atoms. The Morgan fingerprint density at radius 1 is 0.594 bits per heavy atom.